The van der Waals surface area contributed by atoms with Crippen LogP contribution < -0.4 is 4.74 Å². The fourth-order valence-corrected chi connectivity index (χ4v) is 5.13. The summed E-state index contributed by atoms with van der Waals surface area (Å²) in [5, 5.41) is 0.763. The minimum Gasteiger partial charge on any atom is -0.489 e. The smallest absolute Gasteiger partial charge is 0.312 e. The van der Waals surface area contributed by atoms with E-state index in [1.807, 2.05) is 6.92 Å². The summed E-state index contributed by atoms with van der Waals surface area (Å²) >= 11 is 12.7. The predicted octanol–water partition coefficient (Wildman–Crippen LogP) is 4.82. The maximum absolute atomic E-state index is 13.2. The summed E-state index contributed by atoms with van der Waals surface area (Å²) in [5.41, 5.74) is 1.18. The Balaban J connectivity index is 1.74. The molecule has 0 N–H and O–H groups in total. The van der Waals surface area contributed by atoms with Crippen LogP contribution in [0.2, 0.25) is 10.0 Å². The highest BCUT2D eigenvalue weighted by atomic mass is 35.5. The zero-order chi connectivity index (χ0) is 21.6. The third kappa shape index (κ3) is 3.66. The van der Waals surface area contributed by atoms with E-state index < -0.39 is 10.0 Å². The lowest BCUT2D eigenvalue weighted by atomic mass is 10.2. The van der Waals surface area contributed by atoms with Crippen LogP contribution in [-0.4, -0.2) is 31.1 Å². The van der Waals surface area contributed by atoms with E-state index in [2.05, 4.69) is 0 Å². The Kier molecular flexibility index (Phi) is 5.46. The molecule has 1 aliphatic carbocycles. The molecule has 2 aromatic carbocycles. The van der Waals surface area contributed by atoms with Crippen molar-refractivity contribution in [2.24, 2.45) is 5.92 Å². The predicted molar refractivity (Wildman–Crippen MR) is 115 cm³/mol. The molecule has 9 heteroatoms. The largest absolute Gasteiger partial charge is 0.489 e. The molecule has 0 bridgehead atoms. The van der Waals surface area contributed by atoms with Gasteiger partial charge in [-0.25, -0.2) is 12.4 Å². The number of benzene rings is 2. The van der Waals surface area contributed by atoms with E-state index in [1.165, 1.54) is 12.3 Å². The van der Waals surface area contributed by atoms with Crippen molar-refractivity contribution >= 4 is 50.1 Å². The Hall–Kier alpha value is -2.22. The van der Waals surface area contributed by atoms with Crippen LogP contribution in [0.15, 0.2) is 47.5 Å². The second-order valence-electron chi connectivity index (χ2n) is 7.11. The molecule has 0 aliphatic heterocycles. The maximum Gasteiger partial charge on any atom is 0.312 e. The van der Waals surface area contributed by atoms with Crippen LogP contribution in [0, 0.1) is 12.8 Å². The Labute approximate surface area is 184 Å². The first-order chi connectivity index (χ1) is 14.2. The van der Waals surface area contributed by atoms with Crippen molar-refractivity contribution in [2.75, 3.05) is 6.61 Å². The summed E-state index contributed by atoms with van der Waals surface area (Å²) < 4.78 is 38.5. The van der Waals surface area contributed by atoms with E-state index >= 15 is 0 Å². The van der Waals surface area contributed by atoms with Crippen molar-refractivity contribution in [2.45, 2.75) is 31.3 Å². The topological polar surface area (TPSA) is 74.6 Å². The molecule has 0 saturated heterocycles. The van der Waals surface area contributed by atoms with Gasteiger partial charge in [0.05, 0.1) is 33.0 Å². The molecule has 0 radical (unpaired) electrons. The molecular formula is C21H19Cl2NO5S. The summed E-state index contributed by atoms with van der Waals surface area (Å²) in [4.78, 5) is 12.0. The number of carbonyl (C=O) groups excluding carboxylic acids is 1. The lowest BCUT2D eigenvalue weighted by Gasteiger charge is -2.12. The van der Waals surface area contributed by atoms with Crippen molar-refractivity contribution in [1.82, 2.24) is 3.97 Å². The van der Waals surface area contributed by atoms with Gasteiger partial charge in [0.15, 0.2) is 0 Å². The molecule has 6 nitrogen and oxygen atoms in total. The third-order valence-corrected chi connectivity index (χ3v) is 7.44. The number of aromatic nitrogens is 1. The van der Waals surface area contributed by atoms with Crippen LogP contribution >= 0.6 is 23.2 Å². The van der Waals surface area contributed by atoms with Crippen LogP contribution in [0.5, 0.6) is 5.75 Å². The zero-order valence-electron chi connectivity index (χ0n) is 16.3. The summed E-state index contributed by atoms with van der Waals surface area (Å²) in [6, 6.07) is 9.69. The molecule has 1 aromatic heterocycles. The van der Waals surface area contributed by atoms with Crippen molar-refractivity contribution in [3.63, 3.8) is 0 Å². The number of halogens is 2. The summed E-state index contributed by atoms with van der Waals surface area (Å²) in [6.07, 6.45) is 1.61. The number of hydrogen-bond acceptors (Lipinski definition) is 5. The molecule has 1 saturated carbocycles. The first-order valence-electron chi connectivity index (χ1n) is 9.38. The van der Waals surface area contributed by atoms with Gasteiger partial charge in [-0.3, -0.25) is 4.79 Å². The minimum absolute atomic E-state index is 0.109. The number of aryl methyl sites for hydroxylation is 1. The summed E-state index contributed by atoms with van der Waals surface area (Å²) in [7, 11) is -3.90. The fourth-order valence-electron chi connectivity index (χ4n) is 3.28. The standard InChI is InChI=1S/C21H19Cl2NO5S/c1-3-28-21(25)15-10-17(15)29-18-11-16(22)19(23)20-14(18)8-9-24(20)30(26,27)13-6-4-12(2)5-7-13/h4-9,11,15,17H,3,10H2,1-2H3/t15-,17+/m1/s1. The van der Waals surface area contributed by atoms with Gasteiger partial charge >= 0.3 is 5.97 Å². The Morgan fingerprint density at radius 3 is 2.57 bits per heavy atom. The monoisotopic (exact) mass is 467 g/mol. The third-order valence-electron chi connectivity index (χ3n) is 4.97. The van der Waals surface area contributed by atoms with Crippen LogP contribution in [0.3, 0.4) is 0 Å². The number of rotatable bonds is 6. The van der Waals surface area contributed by atoms with Crippen molar-refractivity contribution in [1.29, 1.82) is 0 Å². The second-order valence-corrected chi connectivity index (χ2v) is 9.71. The Morgan fingerprint density at radius 2 is 1.90 bits per heavy atom. The number of ether oxygens (including phenoxy) is 2. The summed E-state index contributed by atoms with van der Waals surface area (Å²) in [6.45, 7) is 3.93. The molecule has 1 aliphatic rings. The molecular weight excluding hydrogens is 449 g/mol. The number of nitrogens with zero attached hydrogens (tertiary/aromatic N) is 1. The number of carbonyl (C=O) groups is 1. The molecule has 1 heterocycles. The quantitative estimate of drug-likeness (QED) is 0.485. The van der Waals surface area contributed by atoms with Crippen molar-refractivity contribution in [3.8, 4) is 5.75 Å². The van der Waals surface area contributed by atoms with Gasteiger partial charge in [-0.15, -0.1) is 0 Å². The SMILES string of the molecule is CCOC(=O)[C@@H]1C[C@@H]1Oc1cc(Cl)c(Cl)c2c1ccn2S(=O)(=O)c1ccc(C)cc1. The molecule has 158 valence electrons. The Morgan fingerprint density at radius 1 is 1.20 bits per heavy atom. The lowest BCUT2D eigenvalue weighted by Crippen LogP contribution is -2.13. The van der Waals surface area contributed by atoms with E-state index in [0.717, 1.165) is 9.54 Å². The van der Waals surface area contributed by atoms with Gasteiger partial charge in [-0.1, -0.05) is 40.9 Å². The number of fused-ring (bicyclic) bond motifs is 1. The molecule has 4 rings (SSSR count). The van der Waals surface area contributed by atoms with Crippen molar-refractivity contribution in [3.05, 3.63) is 58.2 Å². The van der Waals surface area contributed by atoms with Crippen LogP contribution in [0.4, 0.5) is 0 Å². The second kappa shape index (κ2) is 7.80. The highest BCUT2D eigenvalue weighted by molar-refractivity contribution is 7.90. The zero-order valence-corrected chi connectivity index (χ0v) is 18.6. The van der Waals surface area contributed by atoms with Gasteiger partial charge in [0.2, 0.25) is 0 Å². The highest BCUT2D eigenvalue weighted by Crippen LogP contribution is 2.43. The van der Waals surface area contributed by atoms with Gasteiger partial charge in [0, 0.05) is 24.1 Å². The van der Waals surface area contributed by atoms with Gasteiger partial charge in [0.1, 0.15) is 11.9 Å². The van der Waals surface area contributed by atoms with Gasteiger partial charge in [-0.05, 0) is 32.0 Å². The molecule has 0 unspecified atom stereocenters. The first-order valence-corrected chi connectivity index (χ1v) is 11.6. The first kappa shape index (κ1) is 21.0. The highest BCUT2D eigenvalue weighted by Gasteiger charge is 2.47. The van der Waals surface area contributed by atoms with Crippen LogP contribution in [0.1, 0.15) is 18.9 Å². The van der Waals surface area contributed by atoms with Gasteiger partial charge in [-0.2, -0.15) is 0 Å². The molecule has 1 fully saturated rings. The molecule has 0 spiro atoms. The number of esters is 1. The van der Waals surface area contributed by atoms with E-state index in [4.69, 9.17) is 32.7 Å². The van der Waals surface area contributed by atoms with Crippen LogP contribution in [0.25, 0.3) is 10.9 Å². The van der Waals surface area contributed by atoms with E-state index in [9.17, 15) is 13.2 Å². The fraction of sp³-hybridized carbons (Fsp3) is 0.286. The van der Waals surface area contributed by atoms with Crippen molar-refractivity contribution < 1.29 is 22.7 Å². The van der Waals surface area contributed by atoms with Crippen LogP contribution in [-0.2, 0) is 19.6 Å². The van der Waals surface area contributed by atoms with Gasteiger partial charge in [0.25, 0.3) is 10.0 Å². The molecule has 0 amide bonds. The number of hydrogen-bond donors (Lipinski definition) is 0. The molecule has 30 heavy (non-hydrogen) atoms. The maximum atomic E-state index is 13.2. The van der Waals surface area contributed by atoms with E-state index in [1.54, 1.807) is 37.3 Å². The minimum atomic E-state index is -3.90. The lowest BCUT2D eigenvalue weighted by molar-refractivity contribution is -0.145. The summed E-state index contributed by atoms with van der Waals surface area (Å²) in [5.74, 6) is -0.278. The Bertz CT molecular complexity index is 1230. The van der Waals surface area contributed by atoms with E-state index in [0.29, 0.717) is 24.2 Å². The molecule has 3 aromatic rings. The normalized spacial score (nSPS) is 18.4. The molecule has 2 atom stereocenters. The average Bonchev–Trinajstić information content (AvgIpc) is 3.31. The van der Waals surface area contributed by atoms with E-state index in [-0.39, 0.29) is 38.4 Å². The van der Waals surface area contributed by atoms with Gasteiger partial charge < -0.3 is 9.47 Å². The average molecular weight is 468 g/mol.